The number of hydrogen-bond donors (Lipinski definition) is 1. The van der Waals surface area contributed by atoms with Gasteiger partial charge < -0.3 is 15.0 Å². The Morgan fingerprint density at radius 2 is 1.88 bits per heavy atom. The van der Waals surface area contributed by atoms with Crippen LogP contribution >= 0.6 is 0 Å². The molecule has 1 amide bonds. The first-order valence-electron chi connectivity index (χ1n) is 9.20. The molecule has 0 aromatic carbocycles. The molecule has 1 saturated heterocycles. The first-order valence-corrected chi connectivity index (χ1v) is 9.20. The Morgan fingerprint density at radius 3 is 2.50 bits per heavy atom. The molecule has 0 bridgehead atoms. The summed E-state index contributed by atoms with van der Waals surface area (Å²) in [6, 6.07) is 0.371. The SMILES string of the molecule is CCCc1cnc(NC2CCC(C(=O)N3CCOCC3)CC2)nc1. The molecular weight excluding hydrogens is 304 g/mol. The number of rotatable bonds is 5. The molecule has 1 aromatic rings. The van der Waals surface area contributed by atoms with Crippen LogP contribution in [-0.4, -0.2) is 53.1 Å². The van der Waals surface area contributed by atoms with E-state index in [0.717, 1.165) is 51.6 Å². The van der Waals surface area contributed by atoms with Crippen LogP contribution in [0.25, 0.3) is 0 Å². The van der Waals surface area contributed by atoms with Crippen molar-refractivity contribution in [1.29, 1.82) is 0 Å². The van der Waals surface area contributed by atoms with Crippen LogP contribution < -0.4 is 5.32 Å². The van der Waals surface area contributed by atoms with E-state index in [1.807, 2.05) is 17.3 Å². The Balaban J connectivity index is 1.45. The number of nitrogens with zero attached hydrogens (tertiary/aromatic N) is 3. The molecule has 0 radical (unpaired) electrons. The van der Waals surface area contributed by atoms with E-state index in [1.165, 1.54) is 5.56 Å². The van der Waals surface area contributed by atoms with Crippen LogP contribution in [0.15, 0.2) is 12.4 Å². The largest absolute Gasteiger partial charge is 0.378 e. The summed E-state index contributed by atoms with van der Waals surface area (Å²) in [5.74, 6) is 1.20. The minimum Gasteiger partial charge on any atom is -0.378 e. The lowest BCUT2D eigenvalue weighted by Crippen LogP contribution is -2.45. The van der Waals surface area contributed by atoms with Gasteiger partial charge in [-0.2, -0.15) is 0 Å². The number of ether oxygens (including phenoxy) is 1. The molecule has 6 heteroatoms. The van der Waals surface area contributed by atoms with Crippen LogP contribution in [0.3, 0.4) is 0 Å². The summed E-state index contributed by atoms with van der Waals surface area (Å²) in [5, 5.41) is 3.42. The van der Waals surface area contributed by atoms with Crippen molar-refractivity contribution in [3.8, 4) is 0 Å². The predicted molar refractivity (Wildman–Crippen MR) is 92.8 cm³/mol. The van der Waals surface area contributed by atoms with E-state index in [2.05, 4.69) is 22.2 Å². The van der Waals surface area contributed by atoms with E-state index in [-0.39, 0.29) is 5.92 Å². The molecule has 2 heterocycles. The van der Waals surface area contributed by atoms with E-state index < -0.39 is 0 Å². The van der Waals surface area contributed by atoms with Crippen molar-refractivity contribution < 1.29 is 9.53 Å². The van der Waals surface area contributed by atoms with Gasteiger partial charge in [0.15, 0.2) is 0 Å². The Bertz CT molecular complexity index is 520. The van der Waals surface area contributed by atoms with E-state index in [4.69, 9.17) is 4.74 Å². The second kappa shape index (κ2) is 8.42. The fraction of sp³-hybridized carbons (Fsp3) is 0.722. The van der Waals surface area contributed by atoms with Gasteiger partial charge in [0.25, 0.3) is 0 Å². The molecule has 1 aliphatic carbocycles. The molecule has 1 aromatic heterocycles. The van der Waals surface area contributed by atoms with Gasteiger partial charge in [0.2, 0.25) is 11.9 Å². The van der Waals surface area contributed by atoms with Crippen molar-refractivity contribution in [1.82, 2.24) is 14.9 Å². The molecule has 24 heavy (non-hydrogen) atoms. The molecule has 2 fully saturated rings. The van der Waals surface area contributed by atoms with Gasteiger partial charge in [-0.3, -0.25) is 4.79 Å². The lowest BCUT2D eigenvalue weighted by atomic mass is 9.85. The molecule has 0 unspecified atom stereocenters. The Hall–Kier alpha value is -1.69. The smallest absolute Gasteiger partial charge is 0.225 e. The zero-order chi connectivity index (χ0) is 16.8. The summed E-state index contributed by atoms with van der Waals surface area (Å²) < 4.78 is 5.33. The summed E-state index contributed by atoms with van der Waals surface area (Å²) >= 11 is 0. The quantitative estimate of drug-likeness (QED) is 0.896. The van der Waals surface area contributed by atoms with Gasteiger partial charge in [-0.15, -0.1) is 0 Å². The Labute approximate surface area is 144 Å². The topological polar surface area (TPSA) is 67.4 Å². The maximum atomic E-state index is 12.5. The third-order valence-electron chi connectivity index (χ3n) is 4.98. The van der Waals surface area contributed by atoms with Gasteiger partial charge >= 0.3 is 0 Å². The molecule has 0 spiro atoms. The van der Waals surface area contributed by atoms with Crippen LogP contribution in [0.4, 0.5) is 5.95 Å². The number of aryl methyl sites for hydroxylation is 1. The van der Waals surface area contributed by atoms with Gasteiger partial charge in [-0.05, 0) is 37.7 Å². The molecule has 3 rings (SSSR count). The van der Waals surface area contributed by atoms with Crippen molar-refractivity contribution in [2.75, 3.05) is 31.6 Å². The van der Waals surface area contributed by atoms with Crippen LogP contribution in [0, 0.1) is 5.92 Å². The van der Waals surface area contributed by atoms with Gasteiger partial charge in [0.1, 0.15) is 0 Å². The zero-order valence-corrected chi connectivity index (χ0v) is 14.5. The van der Waals surface area contributed by atoms with E-state index >= 15 is 0 Å². The minimum atomic E-state index is 0.175. The van der Waals surface area contributed by atoms with Gasteiger partial charge in [-0.25, -0.2) is 9.97 Å². The second-order valence-electron chi connectivity index (χ2n) is 6.80. The lowest BCUT2D eigenvalue weighted by molar-refractivity contribution is -0.140. The Kier molecular flexibility index (Phi) is 6.01. The monoisotopic (exact) mass is 332 g/mol. The maximum Gasteiger partial charge on any atom is 0.225 e. The lowest BCUT2D eigenvalue weighted by Gasteiger charge is -2.34. The average molecular weight is 332 g/mol. The number of nitrogens with one attached hydrogen (secondary N) is 1. The van der Waals surface area contributed by atoms with Crippen LogP contribution in [0.5, 0.6) is 0 Å². The number of aromatic nitrogens is 2. The highest BCUT2D eigenvalue weighted by molar-refractivity contribution is 5.79. The van der Waals surface area contributed by atoms with Crippen LogP contribution in [0.1, 0.15) is 44.6 Å². The van der Waals surface area contributed by atoms with Gasteiger partial charge in [0, 0.05) is 37.4 Å². The molecular formula is C18H28N4O2. The van der Waals surface area contributed by atoms with Gasteiger partial charge in [-0.1, -0.05) is 13.3 Å². The number of anilines is 1. The molecule has 1 N–H and O–H groups in total. The van der Waals surface area contributed by atoms with Crippen LogP contribution in [0.2, 0.25) is 0 Å². The maximum absolute atomic E-state index is 12.5. The van der Waals surface area contributed by atoms with Crippen molar-refractivity contribution in [2.45, 2.75) is 51.5 Å². The second-order valence-corrected chi connectivity index (χ2v) is 6.80. The van der Waals surface area contributed by atoms with Crippen molar-refractivity contribution in [2.24, 2.45) is 5.92 Å². The highest BCUT2D eigenvalue weighted by Crippen LogP contribution is 2.27. The standard InChI is InChI=1S/C18H28N4O2/c1-2-3-14-12-19-18(20-13-14)21-16-6-4-15(5-7-16)17(23)22-8-10-24-11-9-22/h12-13,15-16H,2-11H2,1H3,(H,19,20,21). The molecule has 132 valence electrons. The van der Waals surface area contributed by atoms with Crippen LogP contribution in [-0.2, 0) is 16.0 Å². The van der Waals surface area contributed by atoms with E-state index in [0.29, 0.717) is 31.1 Å². The fourth-order valence-corrected chi connectivity index (χ4v) is 3.56. The third-order valence-corrected chi connectivity index (χ3v) is 4.98. The summed E-state index contributed by atoms with van der Waals surface area (Å²) in [7, 11) is 0. The predicted octanol–water partition coefficient (Wildman–Crippen LogP) is 2.26. The summed E-state index contributed by atoms with van der Waals surface area (Å²) in [6.07, 6.45) is 9.84. The van der Waals surface area contributed by atoms with Crippen molar-refractivity contribution >= 4 is 11.9 Å². The number of carbonyl (C=O) groups is 1. The summed E-state index contributed by atoms with van der Waals surface area (Å²) in [5.41, 5.74) is 1.18. The highest BCUT2D eigenvalue weighted by Gasteiger charge is 2.30. The molecule has 1 saturated carbocycles. The normalized spacial score (nSPS) is 24.6. The number of hydrogen-bond acceptors (Lipinski definition) is 5. The summed E-state index contributed by atoms with van der Waals surface area (Å²) in [4.78, 5) is 23.3. The van der Waals surface area contributed by atoms with E-state index in [1.54, 1.807) is 0 Å². The zero-order valence-electron chi connectivity index (χ0n) is 14.5. The first kappa shape index (κ1) is 17.1. The van der Waals surface area contributed by atoms with Gasteiger partial charge in [0.05, 0.1) is 13.2 Å². The number of amides is 1. The Morgan fingerprint density at radius 1 is 1.21 bits per heavy atom. The van der Waals surface area contributed by atoms with Crippen molar-refractivity contribution in [3.05, 3.63) is 18.0 Å². The molecule has 0 atom stereocenters. The molecule has 6 nitrogen and oxygen atoms in total. The van der Waals surface area contributed by atoms with Crippen molar-refractivity contribution in [3.63, 3.8) is 0 Å². The average Bonchev–Trinajstić information content (AvgIpc) is 2.64. The third kappa shape index (κ3) is 4.44. The molecule has 2 aliphatic rings. The number of carbonyl (C=O) groups excluding carboxylic acids is 1. The summed E-state index contributed by atoms with van der Waals surface area (Å²) in [6.45, 7) is 4.99. The first-order chi connectivity index (χ1) is 11.8. The fourth-order valence-electron chi connectivity index (χ4n) is 3.56. The highest BCUT2D eigenvalue weighted by atomic mass is 16.5. The minimum absolute atomic E-state index is 0.175. The number of morpholine rings is 1. The van der Waals surface area contributed by atoms with E-state index in [9.17, 15) is 4.79 Å². The molecule has 1 aliphatic heterocycles.